The van der Waals surface area contributed by atoms with Crippen molar-refractivity contribution in [1.29, 1.82) is 0 Å². The molecule has 1 heterocycles. The van der Waals surface area contributed by atoms with E-state index in [9.17, 15) is 8.42 Å². The highest BCUT2D eigenvalue weighted by atomic mass is 32.2. The summed E-state index contributed by atoms with van der Waals surface area (Å²) in [6, 6.07) is 0. The van der Waals surface area contributed by atoms with Gasteiger partial charge in [-0.05, 0) is 65.3 Å². The topological polar surface area (TPSA) is 61.4 Å². The zero-order valence-corrected chi connectivity index (χ0v) is 12.4. The maximum absolute atomic E-state index is 11.8. The maximum atomic E-state index is 11.8. The van der Waals surface area contributed by atoms with Gasteiger partial charge in [0, 0.05) is 6.54 Å². The van der Waals surface area contributed by atoms with Crippen LogP contribution in [0.15, 0.2) is 0 Å². The zero-order chi connectivity index (χ0) is 13.4. The largest absolute Gasteiger partial charge is 0.316 e. The van der Waals surface area contributed by atoms with E-state index in [4.69, 9.17) is 0 Å². The first-order chi connectivity index (χ1) is 8.49. The first kappa shape index (κ1) is 15.9. The number of piperidine rings is 1. The fourth-order valence-corrected chi connectivity index (χ4v) is 3.69. The van der Waals surface area contributed by atoms with Crippen molar-refractivity contribution in [2.24, 2.45) is 5.92 Å². The summed E-state index contributed by atoms with van der Waals surface area (Å²) in [6.45, 7) is 3.43. The minimum Gasteiger partial charge on any atom is -0.316 e. The van der Waals surface area contributed by atoms with Gasteiger partial charge in [-0.2, -0.15) is 0 Å². The van der Waals surface area contributed by atoms with Crippen LogP contribution in [0, 0.1) is 5.92 Å². The van der Waals surface area contributed by atoms with Crippen LogP contribution in [0.25, 0.3) is 0 Å². The van der Waals surface area contributed by atoms with E-state index < -0.39 is 10.0 Å². The number of nitrogens with zero attached hydrogens (tertiary/aromatic N) is 1. The number of sulfonamides is 1. The Hall–Kier alpha value is -0.170. The second kappa shape index (κ2) is 8.09. The van der Waals surface area contributed by atoms with Crippen molar-refractivity contribution in [3.63, 3.8) is 0 Å². The second-order valence-corrected chi connectivity index (χ2v) is 7.25. The SMILES string of the molecule is CN(C)CCCCNS(=O)(=O)CC1CCCNC1. The summed E-state index contributed by atoms with van der Waals surface area (Å²) in [4.78, 5) is 2.11. The number of nitrogens with one attached hydrogen (secondary N) is 2. The van der Waals surface area contributed by atoms with Gasteiger partial charge in [0.2, 0.25) is 10.0 Å². The number of hydrogen-bond donors (Lipinski definition) is 2. The van der Waals surface area contributed by atoms with Crippen LogP contribution in [0.3, 0.4) is 0 Å². The Morgan fingerprint density at radius 2 is 2.11 bits per heavy atom. The standard InChI is InChI=1S/C12H27N3O2S/c1-15(2)9-4-3-8-14-18(16,17)11-12-6-5-7-13-10-12/h12-14H,3-11H2,1-2H3. The molecule has 1 unspecified atom stereocenters. The van der Waals surface area contributed by atoms with Crippen LogP contribution in [-0.2, 0) is 10.0 Å². The molecule has 1 saturated heterocycles. The summed E-state index contributed by atoms with van der Waals surface area (Å²) in [5.41, 5.74) is 0. The third-order valence-corrected chi connectivity index (χ3v) is 4.76. The molecule has 0 bridgehead atoms. The summed E-state index contributed by atoms with van der Waals surface area (Å²) in [6.07, 6.45) is 4.04. The van der Waals surface area contributed by atoms with Gasteiger partial charge >= 0.3 is 0 Å². The highest BCUT2D eigenvalue weighted by Gasteiger charge is 2.20. The molecule has 1 rings (SSSR count). The van der Waals surface area contributed by atoms with Crippen molar-refractivity contribution in [3.05, 3.63) is 0 Å². The Kier molecular flexibility index (Phi) is 7.14. The summed E-state index contributed by atoms with van der Waals surface area (Å²) in [5.74, 6) is 0.547. The molecule has 1 aliphatic rings. The Bertz CT molecular complexity index is 311. The number of hydrogen-bond acceptors (Lipinski definition) is 4. The molecule has 0 spiro atoms. The predicted octanol–water partition coefficient (Wildman–Crippen LogP) is 0.247. The molecule has 0 aromatic rings. The molecule has 1 aliphatic heterocycles. The van der Waals surface area contributed by atoms with Crippen LogP contribution in [0.2, 0.25) is 0 Å². The van der Waals surface area contributed by atoms with Crippen LogP contribution in [0.1, 0.15) is 25.7 Å². The van der Waals surface area contributed by atoms with E-state index in [0.717, 1.165) is 45.3 Å². The lowest BCUT2D eigenvalue weighted by atomic mass is 10.0. The van der Waals surface area contributed by atoms with Crippen molar-refractivity contribution in [1.82, 2.24) is 14.9 Å². The number of rotatable bonds is 8. The fourth-order valence-electron chi connectivity index (χ4n) is 2.22. The Balaban J connectivity index is 2.14. The molecule has 0 saturated carbocycles. The van der Waals surface area contributed by atoms with E-state index in [2.05, 4.69) is 14.9 Å². The molecule has 2 N–H and O–H groups in total. The Morgan fingerprint density at radius 1 is 1.33 bits per heavy atom. The van der Waals surface area contributed by atoms with Crippen molar-refractivity contribution in [3.8, 4) is 0 Å². The van der Waals surface area contributed by atoms with Gasteiger partial charge in [0.25, 0.3) is 0 Å². The fraction of sp³-hybridized carbons (Fsp3) is 1.00. The lowest BCUT2D eigenvalue weighted by Crippen LogP contribution is -2.37. The molecule has 0 aromatic carbocycles. The van der Waals surface area contributed by atoms with E-state index in [-0.39, 0.29) is 11.7 Å². The molecular weight excluding hydrogens is 250 g/mol. The number of unbranched alkanes of at least 4 members (excludes halogenated alkanes) is 1. The minimum absolute atomic E-state index is 0.272. The smallest absolute Gasteiger partial charge is 0.211 e. The van der Waals surface area contributed by atoms with Crippen LogP contribution in [0.5, 0.6) is 0 Å². The summed E-state index contributed by atoms with van der Waals surface area (Å²) in [5, 5.41) is 3.25. The molecule has 5 nitrogen and oxygen atoms in total. The Morgan fingerprint density at radius 3 is 2.72 bits per heavy atom. The summed E-state index contributed by atoms with van der Waals surface area (Å²) < 4.78 is 26.4. The van der Waals surface area contributed by atoms with E-state index in [0.29, 0.717) is 6.54 Å². The van der Waals surface area contributed by atoms with Crippen LogP contribution in [-0.4, -0.2) is 59.3 Å². The molecule has 18 heavy (non-hydrogen) atoms. The zero-order valence-electron chi connectivity index (χ0n) is 11.6. The average Bonchev–Trinajstić information content (AvgIpc) is 2.28. The lowest BCUT2D eigenvalue weighted by molar-refractivity contribution is 0.393. The van der Waals surface area contributed by atoms with Crippen molar-refractivity contribution >= 4 is 10.0 Å². The third-order valence-electron chi connectivity index (χ3n) is 3.21. The van der Waals surface area contributed by atoms with Gasteiger partial charge < -0.3 is 10.2 Å². The molecule has 0 amide bonds. The van der Waals surface area contributed by atoms with Crippen molar-refractivity contribution < 1.29 is 8.42 Å². The van der Waals surface area contributed by atoms with Gasteiger partial charge in [-0.15, -0.1) is 0 Å². The average molecular weight is 277 g/mol. The molecule has 0 aromatic heterocycles. The third kappa shape index (κ3) is 7.31. The van der Waals surface area contributed by atoms with E-state index >= 15 is 0 Å². The maximum Gasteiger partial charge on any atom is 0.211 e. The molecule has 6 heteroatoms. The molecular formula is C12H27N3O2S. The second-order valence-electron chi connectivity index (χ2n) is 5.40. The van der Waals surface area contributed by atoms with E-state index in [1.165, 1.54) is 0 Å². The Labute approximate surface area is 111 Å². The predicted molar refractivity (Wildman–Crippen MR) is 75.2 cm³/mol. The van der Waals surface area contributed by atoms with Crippen molar-refractivity contribution in [2.75, 3.05) is 46.0 Å². The van der Waals surface area contributed by atoms with Gasteiger partial charge in [-0.25, -0.2) is 13.1 Å². The van der Waals surface area contributed by atoms with E-state index in [1.54, 1.807) is 0 Å². The van der Waals surface area contributed by atoms with Gasteiger partial charge in [0.05, 0.1) is 5.75 Å². The molecule has 1 atom stereocenters. The first-order valence-corrected chi connectivity index (χ1v) is 8.47. The first-order valence-electron chi connectivity index (χ1n) is 6.82. The quantitative estimate of drug-likeness (QED) is 0.624. The normalized spacial score (nSPS) is 21.4. The monoisotopic (exact) mass is 277 g/mol. The van der Waals surface area contributed by atoms with Crippen LogP contribution < -0.4 is 10.0 Å². The van der Waals surface area contributed by atoms with Crippen LogP contribution >= 0.6 is 0 Å². The molecule has 0 radical (unpaired) electrons. The minimum atomic E-state index is -3.09. The van der Waals surface area contributed by atoms with Gasteiger partial charge in [-0.3, -0.25) is 0 Å². The molecule has 1 fully saturated rings. The van der Waals surface area contributed by atoms with Crippen LogP contribution in [0.4, 0.5) is 0 Å². The van der Waals surface area contributed by atoms with Gasteiger partial charge in [-0.1, -0.05) is 0 Å². The highest BCUT2D eigenvalue weighted by molar-refractivity contribution is 7.89. The van der Waals surface area contributed by atoms with Crippen molar-refractivity contribution in [2.45, 2.75) is 25.7 Å². The summed E-state index contributed by atoms with van der Waals surface area (Å²) >= 11 is 0. The summed E-state index contributed by atoms with van der Waals surface area (Å²) in [7, 11) is 0.971. The lowest BCUT2D eigenvalue weighted by Gasteiger charge is -2.22. The molecule has 108 valence electrons. The van der Waals surface area contributed by atoms with Gasteiger partial charge in [0.15, 0.2) is 0 Å². The highest BCUT2D eigenvalue weighted by Crippen LogP contribution is 2.11. The molecule has 0 aliphatic carbocycles. The van der Waals surface area contributed by atoms with Gasteiger partial charge in [0.1, 0.15) is 0 Å². The van der Waals surface area contributed by atoms with E-state index in [1.807, 2.05) is 14.1 Å².